The number of carbonyl (C=O) groups is 2. The summed E-state index contributed by atoms with van der Waals surface area (Å²) in [7, 11) is 1.80. The second-order valence-corrected chi connectivity index (χ2v) is 7.07. The van der Waals surface area contributed by atoms with E-state index in [2.05, 4.69) is 15.5 Å². The molecule has 0 aliphatic rings. The van der Waals surface area contributed by atoms with E-state index in [0.29, 0.717) is 16.5 Å². The van der Waals surface area contributed by atoms with Gasteiger partial charge in [-0.2, -0.15) is 0 Å². The van der Waals surface area contributed by atoms with Crippen LogP contribution in [0, 0.1) is 6.92 Å². The number of hydrogen-bond donors (Lipinski definition) is 1. The fraction of sp³-hybridized carbons (Fsp3) is 0.200. The first-order valence-corrected chi connectivity index (χ1v) is 9.47. The fourth-order valence-corrected chi connectivity index (χ4v) is 3.27. The highest BCUT2D eigenvalue weighted by Crippen LogP contribution is 2.18. The van der Waals surface area contributed by atoms with Crippen LogP contribution in [0.3, 0.4) is 0 Å². The Morgan fingerprint density at radius 2 is 1.74 bits per heavy atom. The number of aryl methyl sites for hydroxylation is 1. The van der Waals surface area contributed by atoms with Crippen LogP contribution in [-0.2, 0) is 18.3 Å². The topological polar surface area (TPSA) is 76.9 Å². The average Bonchev–Trinajstić information content (AvgIpc) is 3.02. The molecule has 0 saturated heterocycles. The zero-order chi connectivity index (χ0) is 19.2. The maximum atomic E-state index is 12.2. The highest BCUT2D eigenvalue weighted by atomic mass is 32.2. The van der Waals surface area contributed by atoms with Crippen LogP contribution < -0.4 is 5.32 Å². The number of benzene rings is 2. The number of ketones is 1. The van der Waals surface area contributed by atoms with Gasteiger partial charge in [0.15, 0.2) is 10.9 Å². The van der Waals surface area contributed by atoms with Gasteiger partial charge in [0.1, 0.15) is 5.82 Å². The molecular formula is C20H20N4O2S. The van der Waals surface area contributed by atoms with E-state index < -0.39 is 0 Å². The monoisotopic (exact) mass is 380 g/mol. The third-order valence-electron chi connectivity index (χ3n) is 4.01. The summed E-state index contributed by atoms with van der Waals surface area (Å²) in [5.41, 5.74) is 2.55. The molecular weight excluding hydrogens is 360 g/mol. The lowest BCUT2D eigenvalue weighted by molar-refractivity contribution is -0.115. The minimum absolute atomic E-state index is 0.0299. The molecule has 2 aromatic carbocycles. The molecule has 3 aromatic rings. The Balaban J connectivity index is 1.57. The number of aromatic nitrogens is 3. The summed E-state index contributed by atoms with van der Waals surface area (Å²) >= 11 is 1.31. The van der Waals surface area contributed by atoms with Crippen LogP contribution in [0.15, 0.2) is 59.8 Å². The number of anilines is 1. The number of thioether (sulfide) groups is 1. The first-order chi connectivity index (χ1) is 13.0. The van der Waals surface area contributed by atoms with Crippen molar-refractivity contribution in [1.82, 2.24) is 14.8 Å². The van der Waals surface area contributed by atoms with Crippen molar-refractivity contribution < 1.29 is 9.59 Å². The van der Waals surface area contributed by atoms with Crippen LogP contribution in [0.4, 0.5) is 5.69 Å². The molecule has 0 atom stereocenters. The van der Waals surface area contributed by atoms with Crippen LogP contribution in [0.25, 0.3) is 0 Å². The van der Waals surface area contributed by atoms with Gasteiger partial charge in [-0.3, -0.25) is 9.59 Å². The van der Waals surface area contributed by atoms with Crippen molar-refractivity contribution in [2.24, 2.45) is 7.05 Å². The van der Waals surface area contributed by atoms with Crippen LogP contribution in [0.5, 0.6) is 0 Å². The number of amides is 1. The zero-order valence-electron chi connectivity index (χ0n) is 15.2. The fourth-order valence-electron chi connectivity index (χ4n) is 2.45. The summed E-state index contributed by atoms with van der Waals surface area (Å²) in [4.78, 5) is 24.4. The normalized spacial score (nSPS) is 10.6. The van der Waals surface area contributed by atoms with Gasteiger partial charge in [0.25, 0.3) is 0 Å². The predicted octanol–water partition coefficient (Wildman–Crippen LogP) is 3.28. The van der Waals surface area contributed by atoms with E-state index in [1.165, 1.54) is 11.8 Å². The van der Waals surface area contributed by atoms with E-state index >= 15 is 0 Å². The molecule has 0 aliphatic carbocycles. The number of nitrogens with one attached hydrogen (secondary N) is 1. The molecule has 6 nitrogen and oxygen atoms in total. The third-order valence-corrected chi connectivity index (χ3v) is 5.03. The van der Waals surface area contributed by atoms with E-state index in [-0.39, 0.29) is 23.9 Å². The van der Waals surface area contributed by atoms with Crippen molar-refractivity contribution in [3.63, 3.8) is 0 Å². The summed E-state index contributed by atoms with van der Waals surface area (Å²) in [5, 5.41) is 11.6. The molecule has 7 heteroatoms. The molecule has 1 aromatic heterocycles. The third kappa shape index (κ3) is 5.04. The van der Waals surface area contributed by atoms with Gasteiger partial charge in [0.05, 0.1) is 12.2 Å². The molecule has 138 valence electrons. The van der Waals surface area contributed by atoms with Gasteiger partial charge in [0, 0.05) is 18.3 Å². The molecule has 0 spiro atoms. The van der Waals surface area contributed by atoms with Crippen molar-refractivity contribution in [3.8, 4) is 0 Å². The van der Waals surface area contributed by atoms with E-state index in [0.717, 1.165) is 11.3 Å². The number of Topliss-reactive ketones (excluding diaryl/α,β-unsaturated/α-hetero) is 1. The lowest BCUT2D eigenvalue weighted by atomic mass is 10.2. The Bertz CT molecular complexity index is 936. The van der Waals surface area contributed by atoms with Gasteiger partial charge in [0.2, 0.25) is 5.91 Å². The molecule has 3 rings (SSSR count). The largest absolute Gasteiger partial charge is 0.326 e. The molecule has 1 N–H and O–H groups in total. The van der Waals surface area contributed by atoms with Gasteiger partial charge in [-0.15, -0.1) is 10.2 Å². The van der Waals surface area contributed by atoms with Gasteiger partial charge < -0.3 is 9.88 Å². The Morgan fingerprint density at radius 1 is 1.04 bits per heavy atom. The van der Waals surface area contributed by atoms with E-state index in [4.69, 9.17) is 0 Å². The van der Waals surface area contributed by atoms with Crippen molar-refractivity contribution >= 4 is 29.1 Å². The lowest BCUT2D eigenvalue weighted by Crippen LogP contribution is -2.17. The standard InChI is InChI=1S/C20H20N4O2S/c1-14-8-10-16(11-9-14)21-19(26)12-18-22-23-20(24(18)2)27-13-17(25)15-6-4-3-5-7-15/h3-11H,12-13H2,1-2H3,(H,21,26). The van der Waals surface area contributed by atoms with Gasteiger partial charge in [-0.05, 0) is 19.1 Å². The summed E-state index contributed by atoms with van der Waals surface area (Å²) in [6, 6.07) is 16.7. The SMILES string of the molecule is Cc1ccc(NC(=O)Cc2nnc(SCC(=O)c3ccccc3)n2C)cc1. The van der Waals surface area contributed by atoms with Crippen LogP contribution in [0.2, 0.25) is 0 Å². The van der Waals surface area contributed by atoms with Crippen LogP contribution >= 0.6 is 11.8 Å². The molecule has 0 fully saturated rings. The molecule has 27 heavy (non-hydrogen) atoms. The Kier molecular flexibility index (Phi) is 6.03. The van der Waals surface area contributed by atoms with Gasteiger partial charge >= 0.3 is 0 Å². The second-order valence-electron chi connectivity index (χ2n) is 6.13. The van der Waals surface area contributed by atoms with Crippen LogP contribution in [-0.4, -0.2) is 32.2 Å². The summed E-state index contributed by atoms with van der Waals surface area (Å²) in [5.74, 6) is 0.689. The molecule has 0 radical (unpaired) electrons. The van der Waals surface area contributed by atoms with E-state index in [9.17, 15) is 9.59 Å². The highest BCUT2D eigenvalue weighted by molar-refractivity contribution is 7.99. The van der Waals surface area contributed by atoms with Crippen molar-refractivity contribution in [2.75, 3.05) is 11.1 Å². The lowest BCUT2D eigenvalue weighted by Gasteiger charge is -2.06. The maximum Gasteiger partial charge on any atom is 0.232 e. The quantitative estimate of drug-likeness (QED) is 0.503. The number of nitrogens with zero attached hydrogens (tertiary/aromatic N) is 3. The van der Waals surface area contributed by atoms with Crippen LogP contribution in [0.1, 0.15) is 21.7 Å². The van der Waals surface area contributed by atoms with E-state index in [1.54, 1.807) is 23.7 Å². The molecule has 1 amide bonds. The number of rotatable bonds is 7. The molecule has 0 bridgehead atoms. The zero-order valence-corrected chi connectivity index (χ0v) is 16.0. The Morgan fingerprint density at radius 3 is 2.44 bits per heavy atom. The summed E-state index contributed by atoms with van der Waals surface area (Å²) in [6.45, 7) is 1.99. The summed E-state index contributed by atoms with van der Waals surface area (Å²) < 4.78 is 1.75. The molecule has 0 unspecified atom stereocenters. The minimum atomic E-state index is -0.161. The van der Waals surface area contributed by atoms with Crippen molar-refractivity contribution in [3.05, 3.63) is 71.5 Å². The smallest absolute Gasteiger partial charge is 0.232 e. The maximum absolute atomic E-state index is 12.2. The van der Waals surface area contributed by atoms with Gasteiger partial charge in [-0.25, -0.2) is 0 Å². The van der Waals surface area contributed by atoms with Gasteiger partial charge in [-0.1, -0.05) is 59.8 Å². The highest BCUT2D eigenvalue weighted by Gasteiger charge is 2.15. The van der Waals surface area contributed by atoms with Crippen molar-refractivity contribution in [2.45, 2.75) is 18.5 Å². The van der Waals surface area contributed by atoms with Crippen molar-refractivity contribution in [1.29, 1.82) is 0 Å². The average molecular weight is 380 g/mol. The first-order valence-electron chi connectivity index (χ1n) is 8.49. The molecule has 0 aliphatic heterocycles. The molecule has 0 saturated carbocycles. The minimum Gasteiger partial charge on any atom is -0.326 e. The predicted molar refractivity (Wildman–Crippen MR) is 106 cm³/mol. The summed E-state index contributed by atoms with van der Waals surface area (Å²) in [6.07, 6.45) is 0.116. The Hall–Kier alpha value is -2.93. The number of carbonyl (C=O) groups excluding carboxylic acids is 2. The molecule has 1 heterocycles. The Labute approximate surface area is 162 Å². The van der Waals surface area contributed by atoms with E-state index in [1.807, 2.05) is 49.4 Å². The first kappa shape index (κ1) is 18.8. The number of hydrogen-bond acceptors (Lipinski definition) is 5. The second kappa shape index (κ2) is 8.64.